The van der Waals surface area contributed by atoms with Gasteiger partial charge in [0.2, 0.25) is 0 Å². The van der Waals surface area contributed by atoms with Gasteiger partial charge in [-0.1, -0.05) is 6.07 Å². The van der Waals surface area contributed by atoms with Crippen LogP contribution in [0.2, 0.25) is 0 Å². The third-order valence-corrected chi connectivity index (χ3v) is 2.69. The van der Waals surface area contributed by atoms with Crippen LogP contribution in [0.1, 0.15) is 11.1 Å². The molecule has 0 atom stereocenters. The van der Waals surface area contributed by atoms with E-state index in [1.165, 1.54) is 0 Å². The highest BCUT2D eigenvalue weighted by Crippen LogP contribution is 2.32. The molecule has 2 rings (SSSR count). The molecule has 4 nitrogen and oxygen atoms in total. The van der Waals surface area contributed by atoms with Gasteiger partial charge in [0, 0.05) is 6.07 Å². The molecule has 0 bridgehead atoms. The van der Waals surface area contributed by atoms with Gasteiger partial charge in [0.25, 0.3) is 0 Å². The lowest BCUT2D eigenvalue weighted by Gasteiger charge is -2.11. The lowest BCUT2D eigenvalue weighted by molar-refractivity contribution is 0.413. The smallest absolute Gasteiger partial charge is 0.150 e. The summed E-state index contributed by atoms with van der Waals surface area (Å²) in [5.41, 5.74) is 7.84. The van der Waals surface area contributed by atoms with Crippen molar-refractivity contribution in [1.82, 2.24) is 0 Å². The van der Waals surface area contributed by atoms with Gasteiger partial charge in [0.15, 0.2) is 5.75 Å². The molecular formula is C15H14N2O2. The Balaban J connectivity index is 2.36. The SMILES string of the molecule is COc1ccc(Oc2cc(C)ccc2C#N)c(N)c1. The third kappa shape index (κ3) is 2.78. The standard InChI is InChI=1S/C15H14N2O2/c1-10-3-4-11(9-16)15(7-10)19-14-6-5-12(18-2)8-13(14)17/h3-8H,17H2,1-2H3. The van der Waals surface area contributed by atoms with Gasteiger partial charge in [0.1, 0.15) is 17.6 Å². The van der Waals surface area contributed by atoms with Crippen LogP contribution in [0.15, 0.2) is 36.4 Å². The number of ether oxygens (including phenoxy) is 2. The Hall–Kier alpha value is -2.67. The van der Waals surface area contributed by atoms with Crippen molar-refractivity contribution in [2.45, 2.75) is 6.92 Å². The molecule has 4 heteroatoms. The third-order valence-electron chi connectivity index (χ3n) is 2.69. The second-order valence-corrected chi connectivity index (χ2v) is 4.12. The van der Waals surface area contributed by atoms with Crippen LogP contribution in [-0.4, -0.2) is 7.11 Å². The van der Waals surface area contributed by atoms with Crippen molar-refractivity contribution in [3.05, 3.63) is 47.5 Å². The summed E-state index contributed by atoms with van der Waals surface area (Å²) < 4.78 is 10.8. The summed E-state index contributed by atoms with van der Waals surface area (Å²) in [5.74, 6) is 1.66. The fourth-order valence-electron chi connectivity index (χ4n) is 1.67. The molecule has 0 saturated heterocycles. The second-order valence-electron chi connectivity index (χ2n) is 4.12. The monoisotopic (exact) mass is 254 g/mol. The molecule has 0 aliphatic rings. The van der Waals surface area contributed by atoms with E-state index in [-0.39, 0.29) is 0 Å². The molecular weight excluding hydrogens is 240 g/mol. The van der Waals surface area contributed by atoms with E-state index in [4.69, 9.17) is 20.5 Å². The molecule has 19 heavy (non-hydrogen) atoms. The van der Waals surface area contributed by atoms with Crippen molar-refractivity contribution in [2.24, 2.45) is 0 Å². The number of nitrogens with two attached hydrogens (primary N) is 1. The summed E-state index contributed by atoms with van der Waals surface area (Å²) in [6.45, 7) is 1.94. The number of nitrogens with zero attached hydrogens (tertiary/aromatic N) is 1. The molecule has 0 unspecified atom stereocenters. The number of hydrogen-bond donors (Lipinski definition) is 1. The molecule has 0 aliphatic heterocycles. The zero-order valence-corrected chi connectivity index (χ0v) is 10.8. The molecule has 2 aromatic rings. The van der Waals surface area contributed by atoms with Crippen LogP contribution >= 0.6 is 0 Å². The van der Waals surface area contributed by atoms with Crippen molar-refractivity contribution >= 4 is 5.69 Å². The lowest BCUT2D eigenvalue weighted by atomic mass is 10.1. The van der Waals surface area contributed by atoms with E-state index in [1.807, 2.05) is 19.1 Å². The van der Waals surface area contributed by atoms with Gasteiger partial charge in [-0.2, -0.15) is 5.26 Å². The van der Waals surface area contributed by atoms with Crippen LogP contribution in [0.4, 0.5) is 5.69 Å². The average Bonchev–Trinajstić information content (AvgIpc) is 2.41. The van der Waals surface area contributed by atoms with E-state index < -0.39 is 0 Å². The molecule has 0 radical (unpaired) electrons. The van der Waals surface area contributed by atoms with Crippen molar-refractivity contribution in [3.8, 4) is 23.3 Å². The summed E-state index contributed by atoms with van der Waals surface area (Å²) >= 11 is 0. The highest BCUT2D eigenvalue weighted by atomic mass is 16.5. The Morgan fingerprint density at radius 3 is 2.53 bits per heavy atom. The van der Waals surface area contributed by atoms with Crippen molar-refractivity contribution in [3.63, 3.8) is 0 Å². The Morgan fingerprint density at radius 1 is 1.11 bits per heavy atom. The molecule has 0 heterocycles. The van der Waals surface area contributed by atoms with Crippen LogP contribution in [0.5, 0.6) is 17.2 Å². The Morgan fingerprint density at radius 2 is 1.89 bits per heavy atom. The van der Waals surface area contributed by atoms with Crippen molar-refractivity contribution < 1.29 is 9.47 Å². The van der Waals surface area contributed by atoms with Gasteiger partial charge in [-0.15, -0.1) is 0 Å². The van der Waals surface area contributed by atoms with Crippen LogP contribution in [0.25, 0.3) is 0 Å². The fraction of sp³-hybridized carbons (Fsp3) is 0.133. The maximum absolute atomic E-state index is 9.06. The number of aryl methyl sites for hydroxylation is 1. The second kappa shape index (κ2) is 5.32. The first-order valence-electron chi connectivity index (χ1n) is 5.76. The van der Waals surface area contributed by atoms with Crippen LogP contribution in [0.3, 0.4) is 0 Å². The summed E-state index contributed by atoms with van der Waals surface area (Å²) in [5, 5.41) is 9.06. The molecule has 0 saturated carbocycles. The fourth-order valence-corrected chi connectivity index (χ4v) is 1.67. The van der Waals surface area contributed by atoms with E-state index in [2.05, 4.69) is 6.07 Å². The first-order chi connectivity index (χ1) is 9.13. The van der Waals surface area contributed by atoms with Gasteiger partial charge in [0.05, 0.1) is 18.4 Å². The summed E-state index contributed by atoms with van der Waals surface area (Å²) in [6, 6.07) is 12.6. The van der Waals surface area contributed by atoms with E-state index in [1.54, 1.807) is 31.4 Å². The van der Waals surface area contributed by atoms with Gasteiger partial charge < -0.3 is 15.2 Å². The summed E-state index contributed by atoms with van der Waals surface area (Å²) in [6.07, 6.45) is 0. The predicted octanol–water partition coefficient (Wildman–Crippen LogP) is 3.25. The van der Waals surface area contributed by atoms with Gasteiger partial charge in [-0.25, -0.2) is 0 Å². The zero-order chi connectivity index (χ0) is 13.8. The van der Waals surface area contributed by atoms with E-state index in [9.17, 15) is 0 Å². The minimum atomic E-state index is 0.463. The van der Waals surface area contributed by atoms with Crippen LogP contribution in [0, 0.1) is 18.3 Å². The number of nitrogen functional groups attached to an aromatic ring is 1. The van der Waals surface area contributed by atoms with Crippen LogP contribution < -0.4 is 15.2 Å². The average molecular weight is 254 g/mol. The van der Waals surface area contributed by atoms with Crippen molar-refractivity contribution in [1.29, 1.82) is 5.26 Å². The van der Waals surface area contributed by atoms with E-state index in [0.717, 1.165) is 5.56 Å². The van der Waals surface area contributed by atoms with Gasteiger partial charge in [-0.05, 0) is 36.8 Å². The number of nitriles is 1. The van der Waals surface area contributed by atoms with Crippen molar-refractivity contribution in [2.75, 3.05) is 12.8 Å². The number of anilines is 1. The molecule has 96 valence electrons. The first-order valence-corrected chi connectivity index (χ1v) is 5.76. The maximum Gasteiger partial charge on any atom is 0.150 e. The number of hydrogen-bond acceptors (Lipinski definition) is 4. The molecule has 2 N–H and O–H groups in total. The number of rotatable bonds is 3. The topological polar surface area (TPSA) is 68.3 Å². The van der Waals surface area contributed by atoms with E-state index >= 15 is 0 Å². The summed E-state index contributed by atoms with van der Waals surface area (Å²) in [7, 11) is 1.57. The Kier molecular flexibility index (Phi) is 3.58. The van der Waals surface area contributed by atoms with Gasteiger partial charge >= 0.3 is 0 Å². The first kappa shape index (κ1) is 12.8. The molecule has 0 fully saturated rings. The molecule has 0 aliphatic carbocycles. The minimum Gasteiger partial charge on any atom is -0.497 e. The molecule has 0 amide bonds. The summed E-state index contributed by atoms with van der Waals surface area (Å²) in [4.78, 5) is 0. The molecule has 0 aromatic heterocycles. The quantitative estimate of drug-likeness (QED) is 0.854. The van der Waals surface area contributed by atoms with Crippen LogP contribution in [-0.2, 0) is 0 Å². The molecule has 0 spiro atoms. The normalized spacial score (nSPS) is 9.74. The lowest BCUT2D eigenvalue weighted by Crippen LogP contribution is -1.95. The Labute approximate surface area is 112 Å². The molecule has 2 aromatic carbocycles. The number of benzene rings is 2. The number of methoxy groups -OCH3 is 1. The predicted molar refractivity (Wildman–Crippen MR) is 73.4 cm³/mol. The maximum atomic E-state index is 9.06. The zero-order valence-electron chi connectivity index (χ0n) is 10.8. The highest BCUT2D eigenvalue weighted by molar-refractivity contribution is 5.58. The Bertz CT molecular complexity index is 645. The van der Waals surface area contributed by atoms with E-state index in [0.29, 0.717) is 28.5 Å². The largest absolute Gasteiger partial charge is 0.497 e. The highest BCUT2D eigenvalue weighted by Gasteiger charge is 2.08. The minimum absolute atomic E-state index is 0.463. The van der Waals surface area contributed by atoms with Gasteiger partial charge in [-0.3, -0.25) is 0 Å².